The van der Waals surface area contributed by atoms with Gasteiger partial charge in [-0.2, -0.15) is 0 Å². The molecule has 0 unspecified atom stereocenters. The molecule has 0 aliphatic carbocycles. The first-order chi connectivity index (χ1) is 11.8. The summed E-state index contributed by atoms with van der Waals surface area (Å²) in [5.74, 6) is 1.41. The lowest BCUT2D eigenvalue weighted by atomic mass is 10.1. The van der Waals surface area contributed by atoms with Crippen LogP contribution in [0.25, 0.3) is 21.8 Å². The van der Waals surface area contributed by atoms with Gasteiger partial charge in [0.15, 0.2) is 0 Å². The second-order valence-electron chi connectivity index (χ2n) is 5.49. The molecule has 0 bridgehead atoms. The minimum Gasteiger partial charge on any atom is -0.496 e. The van der Waals surface area contributed by atoms with Crippen LogP contribution in [0.1, 0.15) is 0 Å². The molecule has 0 aliphatic heterocycles. The van der Waals surface area contributed by atoms with Gasteiger partial charge >= 0.3 is 0 Å². The van der Waals surface area contributed by atoms with Gasteiger partial charge in [0.25, 0.3) is 0 Å². The summed E-state index contributed by atoms with van der Waals surface area (Å²) in [5.41, 5.74) is 2.73. The van der Waals surface area contributed by atoms with Crippen LogP contribution in [0.2, 0.25) is 0 Å². The molecular formula is C19H16N4O. The lowest BCUT2D eigenvalue weighted by Gasteiger charge is -2.06. The Labute approximate surface area is 139 Å². The molecule has 0 aliphatic rings. The number of imidazole rings is 1. The minimum absolute atomic E-state index is 0.580. The Hall–Kier alpha value is -3.21. The summed E-state index contributed by atoms with van der Waals surface area (Å²) in [6, 6.07) is 19.8. The fourth-order valence-corrected chi connectivity index (χ4v) is 2.84. The predicted octanol–water partition coefficient (Wildman–Crippen LogP) is 5.15. The van der Waals surface area contributed by atoms with Crippen molar-refractivity contribution in [1.82, 2.24) is 9.55 Å². The molecule has 4 rings (SSSR count). The summed E-state index contributed by atoms with van der Waals surface area (Å²) in [6.45, 7) is 0. The number of methoxy groups -OCH3 is 1. The van der Waals surface area contributed by atoms with Crippen LogP contribution in [0, 0.1) is 0 Å². The van der Waals surface area contributed by atoms with Gasteiger partial charge < -0.3 is 9.30 Å². The van der Waals surface area contributed by atoms with Crippen molar-refractivity contribution in [1.29, 1.82) is 0 Å². The summed E-state index contributed by atoms with van der Waals surface area (Å²) in [4.78, 5) is 4.52. The van der Waals surface area contributed by atoms with E-state index in [2.05, 4.69) is 15.2 Å². The average Bonchev–Trinajstić information content (AvgIpc) is 2.96. The summed E-state index contributed by atoms with van der Waals surface area (Å²) in [5, 5.41) is 10.8. The van der Waals surface area contributed by atoms with Gasteiger partial charge in [0, 0.05) is 17.8 Å². The maximum Gasteiger partial charge on any atom is 0.250 e. The van der Waals surface area contributed by atoms with Crippen molar-refractivity contribution >= 4 is 33.4 Å². The summed E-state index contributed by atoms with van der Waals surface area (Å²) in [7, 11) is 3.61. The highest BCUT2D eigenvalue weighted by atomic mass is 16.5. The Balaban J connectivity index is 1.81. The molecule has 0 saturated heterocycles. The van der Waals surface area contributed by atoms with Crippen LogP contribution in [0.5, 0.6) is 5.75 Å². The monoisotopic (exact) mass is 316 g/mol. The van der Waals surface area contributed by atoms with E-state index in [1.54, 1.807) is 7.11 Å². The fraction of sp³-hybridized carbons (Fsp3) is 0.105. The van der Waals surface area contributed by atoms with Crippen molar-refractivity contribution in [3.63, 3.8) is 0 Å². The van der Waals surface area contributed by atoms with Crippen LogP contribution >= 0.6 is 0 Å². The molecule has 0 saturated carbocycles. The quantitative estimate of drug-likeness (QED) is 0.491. The van der Waals surface area contributed by atoms with Crippen molar-refractivity contribution in [2.45, 2.75) is 0 Å². The van der Waals surface area contributed by atoms with Crippen molar-refractivity contribution in [3.8, 4) is 5.75 Å². The molecule has 118 valence electrons. The SMILES string of the molecule is COc1ccc(N=Nc2nc3ccccc3n2C)c2ccccc12. The van der Waals surface area contributed by atoms with Crippen LogP contribution in [-0.2, 0) is 7.05 Å². The van der Waals surface area contributed by atoms with E-state index in [0.717, 1.165) is 33.2 Å². The molecule has 4 aromatic rings. The van der Waals surface area contributed by atoms with Crippen LogP contribution in [0.15, 0.2) is 70.9 Å². The zero-order valence-corrected chi connectivity index (χ0v) is 13.5. The largest absolute Gasteiger partial charge is 0.496 e. The topological polar surface area (TPSA) is 51.8 Å². The summed E-state index contributed by atoms with van der Waals surface area (Å²) < 4.78 is 7.35. The molecule has 5 heteroatoms. The zero-order chi connectivity index (χ0) is 16.5. The van der Waals surface area contributed by atoms with E-state index in [4.69, 9.17) is 4.74 Å². The van der Waals surface area contributed by atoms with Gasteiger partial charge in [-0.1, -0.05) is 36.4 Å². The number of hydrogen-bond acceptors (Lipinski definition) is 4. The maximum absolute atomic E-state index is 5.42. The van der Waals surface area contributed by atoms with E-state index >= 15 is 0 Å². The minimum atomic E-state index is 0.580. The average molecular weight is 316 g/mol. The van der Waals surface area contributed by atoms with E-state index in [1.165, 1.54) is 0 Å². The van der Waals surface area contributed by atoms with Crippen LogP contribution < -0.4 is 4.74 Å². The maximum atomic E-state index is 5.42. The molecule has 0 N–H and O–H groups in total. The van der Waals surface area contributed by atoms with E-state index in [-0.39, 0.29) is 0 Å². The molecule has 0 amide bonds. The number of ether oxygens (including phenoxy) is 1. The third-order valence-electron chi connectivity index (χ3n) is 4.09. The van der Waals surface area contributed by atoms with Gasteiger partial charge in [0.2, 0.25) is 5.95 Å². The molecule has 1 aromatic heterocycles. The third-order valence-corrected chi connectivity index (χ3v) is 4.09. The lowest BCUT2D eigenvalue weighted by Crippen LogP contribution is -1.86. The molecule has 0 fully saturated rings. The first-order valence-electron chi connectivity index (χ1n) is 7.67. The first kappa shape index (κ1) is 14.4. The Morgan fingerprint density at radius 3 is 2.42 bits per heavy atom. The number of rotatable bonds is 3. The van der Waals surface area contributed by atoms with Crippen molar-refractivity contribution in [3.05, 3.63) is 60.7 Å². The molecule has 0 radical (unpaired) electrons. The highest BCUT2D eigenvalue weighted by Crippen LogP contribution is 2.34. The number of hydrogen-bond donors (Lipinski definition) is 0. The first-order valence-corrected chi connectivity index (χ1v) is 7.67. The van der Waals surface area contributed by atoms with Crippen LogP contribution in [-0.4, -0.2) is 16.7 Å². The molecule has 3 aromatic carbocycles. The number of aryl methyl sites for hydroxylation is 1. The van der Waals surface area contributed by atoms with Gasteiger partial charge in [-0.25, -0.2) is 4.98 Å². The Kier molecular flexibility index (Phi) is 3.46. The van der Waals surface area contributed by atoms with Crippen LogP contribution in [0.4, 0.5) is 11.6 Å². The standard InChI is InChI=1S/C19H16N4O/c1-23-17-10-6-5-9-16(17)20-19(23)22-21-15-11-12-18(24-2)14-8-4-3-7-13(14)15/h3-12H,1-2H3. The van der Waals surface area contributed by atoms with E-state index in [9.17, 15) is 0 Å². The second kappa shape index (κ2) is 5.77. The summed E-state index contributed by atoms with van der Waals surface area (Å²) >= 11 is 0. The van der Waals surface area contributed by atoms with Gasteiger partial charge in [-0.3, -0.25) is 0 Å². The highest BCUT2D eigenvalue weighted by Gasteiger charge is 2.08. The Morgan fingerprint density at radius 1 is 0.875 bits per heavy atom. The molecule has 0 atom stereocenters. The smallest absolute Gasteiger partial charge is 0.250 e. The molecule has 1 heterocycles. The zero-order valence-electron chi connectivity index (χ0n) is 13.5. The lowest BCUT2D eigenvalue weighted by molar-refractivity contribution is 0.420. The second-order valence-corrected chi connectivity index (χ2v) is 5.49. The Morgan fingerprint density at radius 2 is 1.62 bits per heavy atom. The van der Waals surface area contributed by atoms with Gasteiger partial charge in [-0.05, 0) is 24.3 Å². The molecule has 24 heavy (non-hydrogen) atoms. The number of para-hydroxylation sites is 2. The number of azo groups is 1. The predicted molar refractivity (Wildman–Crippen MR) is 95.4 cm³/mol. The third kappa shape index (κ3) is 2.31. The fourth-order valence-electron chi connectivity index (χ4n) is 2.84. The van der Waals surface area contributed by atoms with Crippen molar-refractivity contribution in [2.24, 2.45) is 17.3 Å². The number of nitrogens with zero attached hydrogens (tertiary/aromatic N) is 4. The van der Waals surface area contributed by atoms with Gasteiger partial charge in [0.1, 0.15) is 5.75 Å². The van der Waals surface area contributed by atoms with E-state index < -0.39 is 0 Å². The van der Waals surface area contributed by atoms with E-state index in [1.807, 2.05) is 72.3 Å². The molecular weight excluding hydrogens is 300 g/mol. The normalized spacial score (nSPS) is 11.6. The Bertz CT molecular complexity index is 1070. The van der Waals surface area contributed by atoms with Crippen LogP contribution in [0.3, 0.4) is 0 Å². The highest BCUT2D eigenvalue weighted by molar-refractivity contribution is 5.96. The number of benzene rings is 3. The number of aromatic nitrogens is 2. The van der Waals surface area contributed by atoms with Gasteiger partial charge in [0.05, 0.1) is 23.8 Å². The van der Waals surface area contributed by atoms with Crippen molar-refractivity contribution in [2.75, 3.05) is 7.11 Å². The van der Waals surface area contributed by atoms with Gasteiger partial charge in [-0.15, -0.1) is 10.2 Å². The molecule has 5 nitrogen and oxygen atoms in total. The number of fused-ring (bicyclic) bond motifs is 2. The van der Waals surface area contributed by atoms with Crippen molar-refractivity contribution < 1.29 is 4.74 Å². The summed E-state index contributed by atoms with van der Waals surface area (Å²) in [6.07, 6.45) is 0. The van der Waals surface area contributed by atoms with E-state index in [0.29, 0.717) is 5.95 Å². The molecule has 0 spiro atoms.